The average Bonchev–Trinajstić information content (AvgIpc) is 3.16. The maximum Gasteiger partial charge on any atom is 0.257 e. The van der Waals surface area contributed by atoms with E-state index in [2.05, 4.69) is 15.6 Å². The maximum atomic E-state index is 12.3. The zero-order valence-electron chi connectivity index (χ0n) is 14.3. The number of nitrogens with zero attached hydrogens (tertiary/aromatic N) is 1. The van der Waals surface area contributed by atoms with Gasteiger partial charge in [-0.1, -0.05) is 0 Å². The molecule has 1 unspecified atom stereocenters. The lowest BCUT2D eigenvalue weighted by Crippen LogP contribution is -2.19. The molecule has 1 aliphatic heterocycles. The van der Waals surface area contributed by atoms with Gasteiger partial charge in [-0.2, -0.15) is 0 Å². The Kier molecular flexibility index (Phi) is 5.85. The smallest absolute Gasteiger partial charge is 0.257 e. The molecule has 0 aliphatic carbocycles. The Balaban J connectivity index is 1.52. The van der Waals surface area contributed by atoms with E-state index in [1.165, 1.54) is 0 Å². The van der Waals surface area contributed by atoms with Crippen LogP contribution in [0.15, 0.2) is 42.6 Å². The van der Waals surface area contributed by atoms with Crippen LogP contribution in [0.4, 0.5) is 11.5 Å². The molecule has 0 spiro atoms. The van der Waals surface area contributed by atoms with Gasteiger partial charge in [0.05, 0.1) is 18.3 Å². The fourth-order valence-electron chi connectivity index (χ4n) is 2.66. The summed E-state index contributed by atoms with van der Waals surface area (Å²) in [6.07, 6.45) is 4.02. The molecule has 2 aromatic rings. The van der Waals surface area contributed by atoms with Crippen molar-refractivity contribution in [2.75, 3.05) is 30.4 Å². The molecule has 6 nitrogen and oxygen atoms in total. The maximum absolute atomic E-state index is 12.3. The fourth-order valence-corrected chi connectivity index (χ4v) is 2.66. The summed E-state index contributed by atoms with van der Waals surface area (Å²) in [6.45, 7) is 4.13. The van der Waals surface area contributed by atoms with Gasteiger partial charge in [-0.25, -0.2) is 4.98 Å². The largest absolute Gasteiger partial charge is 0.494 e. The number of anilines is 2. The first-order chi connectivity index (χ1) is 12.2. The number of carbonyl (C=O) groups is 1. The van der Waals surface area contributed by atoms with E-state index in [0.717, 1.165) is 37.6 Å². The molecule has 1 aromatic carbocycles. The van der Waals surface area contributed by atoms with Gasteiger partial charge in [-0.15, -0.1) is 0 Å². The van der Waals surface area contributed by atoms with Crippen LogP contribution >= 0.6 is 0 Å². The predicted molar refractivity (Wildman–Crippen MR) is 97.3 cm³/mol. The monoisotopic (exact) mass is 341 g/mol. The van der Waals surface area contributed by atoms with Gasteiger partial charge in [0.15, 0.2) is 0 Å². The van der Waals surface area contributed by atoms with Crippen LogP contribution in [0.2, 0.25) is 0 Å². The molecule has 0 bridgehead atoms. The molecule has 1 amide bonds. The second kappa shape index (κ2) is 8.48. The van der Waals surface area contributed by atoms with Crippen molar-refractivity contribution in [2.24, 2.45) is 0 Å². The van der Waals surface area contributed by atoms with E-state index in [0.29, 0.717) is 17.9 Å². The Labute approximate surface area is 147 Å². The number of ether oxygens (including phenoxy) is 2. The molecule has 3 rings (SSSR count). The zero-order chi connectivity index (χ0) is 17.5. The highest BCUT2D eigenvalue weighted by atomic mass is 16.5. The van der Waals surface area contributed by atoms with Crippen molar-refractivity contribution in [1.29, 1.82) is 0 Å². The van der Waals surface area contributed by atoms with Gasteiger partial charge in [0.2, 0.25) is 0 Å². The van der Waals surface area contributed by atoms with Crippen LogP contribution in [0.5, 0.6) is 5.75 Å². The highest BCUT2D eigenvalue weighted by Gasteiger charge is 2.15. The molecule has 25 heavy (non-hydrogen) atoms. The van der Waals surface area contributed by atoms with Crippen molar-refractivity contribution in [3.05, 3.63) is 48.2 Å². The lowest BCUT2D eigenvalue weighted by atomic mass is 10.2. The van der Waals surface area contributed by atoms with Crippen molar-refractivity contribution in [3.63, 3.8) is 0 Å². The number of nitrogens with one attached hydrogen (secondary N) is 2. The average molecular weight is 341 g/mol. The number of amides is 1. The van der Waals surface area contributed by atoms with Crippen molar-refractivity contribution >= 4 is 17.4 Å². The van der Waals surface area contributed by atoms with Crippen molar-refractivity contribution < 1.29 is 14.3 Å². The molecule has 1 fully saturated rings. The summed E-state index contributed by atoms with van der Waals surface area (Å²) in [4.78, 5) is 16.6. The predicted octanol–water partition coefficient (Wildman–Crippen LogP) is 3.32. The van der Waals surface area contributed by atoms with Crippen LogP contribution in [-0.2, 0) is 4.74 Å². The molecule has 6 heteroatoms. The van der Waals surface area contributed by atoms with Crippen LogP contribution in [-0.4, -0.2) is 36.8 Å². The van der Waals surface area contributed by atoms with Gasteiger partial charge >= 0.3 is 0 Å². The highest BCUT2D eigenvalue weighted by Crippen LogP contribution is 2.17. The molecule has 2 N–H and O–H groups in total. The lowest BCUT2D eigenvalue weighted by Gasteiger charge is -2.11. The highest BCUT2D eigenvalue weighted by molar-refractivity contribution is 6.04. The van der Waals surface area contributed by atoms with Gasteiger partial charge in [0, 0.05) is 25.0 Å². The van der Waals surface area contributed by atoms with Crippen molar-refractivity contribution in [1.82, 2.24) is 4.98 Å². The third-order valence-corrected chi connectivity index (χ3v) is 3.98. The van der Waals surface area contributed by atoms with E-state index >= 15 is 0 Å². The summed E-state index contributed by atoms with van der Waals surface area (Å²) < 4.78 is 10.9. The lowest BCUT2D eigenvalue weighted by molar-refractivity contribution is 0.102. The van der Waals surface area contributed by atoms with Crippen LogP contribution in [0, 0.1) is 0 Å². The van der Waals surface area contributed by atoms with Gasteiger partial charge in [0.1, 0.15) is 11.6 Å². The Morgan fingerprint density at radius 2 is 2.12 bits per heavy atom. The minimum Gasteiger partial charge on any atom is -0.494 e. The van der Waals surface area contributed by atoms with Gasteiger partial charge in [0.25, 0.3) is 5.91 Å². The Morgan fingerprint density at radius 1 is 1.28 bits per heavy atom. The van der Waals surface area contributed by atoms with Crippen molar-refractivity contribution in [3.8, 4) is 5.75 Å². The summed E-state index contributed by atoms with van der Waals surface area (Å²) in [5.74, 6) is 1.33. The Bertz CT molecular complexity index is 680. The number of carbonyl (C=O) groups excluding carboxylic acids is 1. The number of aromatic nitrogens is 1. The van der Waals surface area contributed by atoms with E-state index in [9.17, 15) is 4.79 Å². The molecule has 1 saturated heterocycles. The third-order valence-electron chi connectivity index (χ3n) is 3.98. The topological polar surface area (TPSA) is 72.5 Å². The number of rotatable bonds is 7. The third kappa shape index (κ3) is 4.93. The second-order valence-corrected chi connectivity index (χ2v) is 5.86. The van der Waals surface area contributed by atoms with E-state index < -0.39 is 0 Å². The first-order valence-electron chi connectivity index (χ1n) is 8.60. The minimum atomic E-state index is -0.192. The summed E-state index contributed by atoms with van der Waals surface area (Å²) >= 11 is 0. The second-order valence-electron chi connectivity index (χ2n) is 5.86. The molecule has 0 radical (unpaired) electrons. The molecule has 0 saturated carbocycles. The van der Waals surface area contributed by atoms with E-state index in [1.807, 2.05) is 37.3 Å². The minimum absolute atomic E-state index is 0.192. The van der Waals surface area contributed by atoms with E-state index in [1.54, 1.807) is 12.3 Å². The van der Waals surface area contributed by atoms with Gasteiger partial charge in [-0.3, -0.25) is 4.79 Å². The first-order valence-corrected chi connectivity index (χ1v) is 8.60. The SMILES string of the molecule is CCOc1ccc(NC(=O)c2ccc(NCC3CCCO3)nc2)cc1. The van der Waals surface area contributed by atoms with Crippen LogP contribution in [0.1, 0.15) is 30.1 Å². The Morgan fingerprint density at radius 3 is 2.76 bits per heavy atom. The van der Waals surface area contributed by atoms with Gasteiger partial charge < -0.3 is 20.1 Å². The number of benzene rings is 1. The number of hydrogen-bond acceptors (Lipinski definition) is 5. The molecule has 132 valence electrons. The van der Waals surface area contributed by atoms with Gasteiger partial charge in [-0.05, 0) is 56.2 Å². The van der Waals surface area contributed by atoms with Crippen LogP contribution in [0.25, 0.3) is 0 Å². The summed E-state index contributed by atoms with van der Waals surface area (Å²) in [7, 11) is 0. The first kappa shape index (κ1) is 17.2. The van der Waals surface area contributed by atoms with E-state index in [-0.39, 0.29) is 12.0 Å². The molecule has 1 atom stereocenters. The number of pyridine rings is 1. The van der Waals surface area contributed by atoms with E-state index in [4.69, 9.17) is 9.47 Å². The fraction of sp³-hybridized carbons (Fsp3) is 0.368. The molecule has 1 aliphatic rings. The molecular weight excluding hydrogens is 318 g/mol. The molecule has 2 heterocycles. The van der Waals surface area contributed by atoms with Crippen molar-refractivity contribution in [2.45, 2.75) is 25.9 Å². The molecular formula is C19H23N3O3. The quantitative estimate of drug-likeness (QED) is 0.808. The molecule has 1 aromatic heterocycles. The van der Waals surface area contributed by atoms with Crippen LogP contribution < -0.4 is 15.4 Å². The summed E-state index contributed by atoms with van der Waals surface area (Å²) in [6, 6.07) is 10.9. The summed E-state index contributed by atoms with van der Waals surface area (Å²) in [5.41, 5.74) is 1.23. The van der Waals surface area contributed by atoms with Crippen LogP contribution in [0.3, 0.4) is 0 Å². The normalized spacial score (nSPS) is 16.4. The number of hydrogen-bond donors (Lipinski definition) is 2. The zero-order valence-corrected chi connectivity index (χ0v) is 14.3. The summed E-state index contributed by atoms with van der Waals surface area (Å²) in [5, 5.41) is 6.09. The Hall–Kier alpha value is -2.60. The standard InChI is InChI=1S/C19H23N3O3/c1-2-24-16-8-6-15(7-9-16)22-19(23)14-5-10-18(20-12-14)21-13-17-4-3-11-25-17/h5-10,12,17H,2-4,11,13H2,1H3,(H,20,21)(H,22,23).